The number of hydrogen-bond acceptors (Lipinski definition) is 3. The first kappa shape index (κ1) is 15.9. The fraction of sp³-hybridized carbons (Fsp3) is 0.438. The lowest BCUT2D eigenvalue weighted by atomic mass is 10.1. The molecule has 1 aromatic rings. The number of alkyl carbamates (subject to hydrolysis) is 1. The molecule has 1 N–H and O–H groups in total. The molecule has 20 heavy (non-hydrogen) atoms. The van der Waals surface area contributed by atoms with E-state index in [1.54, 1.807) is 27.9 Å². The minimum atomic E-state index is -0.538. The third-order valence-electron chi connectivity index (χ3n) is 2.49. The molecule has 0 aromatic heterocycles. The largest absolute Gasteiger partial charge is 0.497 e. The smallest absolute Gasteiger partial charge is 0.408 e. The Balaban J connectivity index is 2.59. The van der Waals surface area contributed by atoms with Crippen molar-refractivity contribution >= 4 is 6.09 Å². The van der Waals surface area contributed by atoms with Crippen LogP contribution >= 0.6 is 0 Å². The van der Waals surface area contributed by atoms with E-state index in [1.165, 1.54) is 0 Å². The summed E-state index contributed by atoms with van der Waals surface area (Å²) >= 11 is 0. The van der Waals surface area contributed by atoms with E-state index in [0.717, 1.165) is 11.3 Å². The first-order chi connectivity index (χ1) is 9.34. The first-order valence-corrected chi connectivity index (χ1v) is 6.42. The molecule has 1 rings (SSSR count). The maximum atomic E-state index is 11.7. The predicted octanol–water partition coefficient (Wildman–Crippen LogP) is 2.76. The molecule has 0 radical (unpaired) electrons. The summed E-state index contributed by atoms with van der Waals surface area (Å²) in [5.74, 6) is 3.34. The molecule has 108 valence electrons. The minimum absolute atomic E-state index is 0.404. The van der Waals surface area contributed by atoms with E-state index in [-0.39, 0.29) is 0 Å². The van der Waals surface area contributed by atoms with Crippen LogP contribution in [0.15, 0.2) is 24.3 Å². The molecule has 0 heterocycles. The lowest BCUT2D eigenvalue weighted by molar-refractivity contribution is 0.0516. The predicted molar refractivity (Wildman–Crippen MR) is 78.7 cm³/mol. The van der Waals surface area contributed by atoms with Gasteiger partial charge in [0.05, 0.1) is 13.2 Å². The van der Waals surface area contributed by atoms with Gasteiger partial charge >= 0.3 is 6.09 Å². The fourth-order valence-electron chi connectivity index (χ4n) is 1.60. The molecule has 0 unspecified atom stereocenters. The number of terminal acetylenes is 1. The first-order valence-electron chi connectivity index (χ1n) is 6.42. The van der Waals surface area contributed by atoms with E-state index in [4.69, 9.17) is 15.9 Å². The van der Waals surface area contributed by atoms with Gasteiger partial charge in [-0.15, -0.1) is 6.42 Å². The number of hydrogen-bond donors (Lipinski definition) is 1. The molecule has 0 aliphatic carbocycles. The average Bonchev–Trinajstić information content (AvgIpc) is 2.36. The van der Waals surface area contributed by atoms with Gasteiger partial charge in [0.15, 0.2) is 0 Å². The Morgan fingerprint density at radius 3 is 2.40 bits per heavy atom. The van der Waals surface area contributed by atoms with Gasteiger partial charge in [-0.05, 0) is 38.5 Å². The number of carbonyl (C=O) groups excluding carboxylic acids is 1. The number of methoxy groups -OCH3 is 1. The standard InChI is InChI=1S/C16H21NO3/c1-6-13(17-15(18)20-16(2,3)4)11-12-7-9-14(19-5)10-8-12/h1,7-10,13H,11H2,2-5H3,(H,17,18)/t13-/m1/s1. The molecule has 0 saturated carbocycles. The molecule has 0 saturated heterocycles. The van der Waals surface area contributed by atoms with Crippen LogP contribution in [-0.2, 0) is 11.2 Å². The zero-order chi connectivity index (χ0) is 15.2. The number of ether oxygens (including phenoxy) is 2. The van der Waals surface area contributed by atoms with Crippen LogP contribution in [0.2, 0.25) is 0 Å². The molecule has 0 aliphatic heterocycles. The molecule has 1 aromatic carbocycles. The highest BCUT2D eigenvalue weighted by atomic mass is 16.6. The van der Waals surface area contributed by atoms with Crippen molar-refractivity contribution in [3.8, 4) is 18.1 Å². The van der Waals surface area contributed by atoms with E-state index in [2.05, 4.69) is 11.2 Å². The molecule has 0 spiro atoms. The Bertz CT molecular complexity index is 480. The molecular weight excluding hydrogens is 254 g/mol. The van der Waals surface area contributed by atoms with E-state index < -0.39 is 17.7 Å². The van der Waals surface area contributed by atoms with Gasteiger partial charge in [-0.2, -0.15) is 0 Å². The lowest BCUT2D eigenvalue weighted by Gasteiger charge is -2.21. The van der Waals surface area contributed by atoms with Crippen molar-refractivity contribution in [2.24, 2.45) is 0 Å². The van der Waals surface area contributed by atoms with Gasteiger partial charge in [-0.1, -0.05) is 18.1 Å². The third kappa shape index (κ3) is 5.66. The molecule has 1 atom stereocenters. The monoisotopic (exact) mass is 275 g/mol. The van der Waals surface area contributed by atoms with Gasteiger partial charge < -0.3 is 14.8 Å². The van der Waals surface area contributed by atoms with Crippen LogP contribution in [0, 0.1) is 12.3 Å². The topological polar surface area (TPSA) is 47.6 Å². The fourth-order valence-corrected chi connectivity index (χ4v) is 1.60. The van der Waals surface area contributed by atoms with E-state index >= 15 is 0 Å². The normalized spacial score (nSPS) is 12.2. The van der Waals surface area contributed by atoms with Crippen molar-refractivity contribution in [3.63, 3.8) is 0 Å². The van der Waals surface area contributed by atoms with Gasteiger partial charge in [0, 0.05) is 6.42 Å². The van der Waals surface area contributed by atoms with Crippen molar-refractivity contribution < 1.29 is 14.3 Å². The van der Waals surface area contributed by atoms with Crippen molar-refractivity contribution in [2.45, 2.75) is 38.8 Å². The molecule has 4 heteroatoms. The SMILES string of the molecule is C#C[C@H](Cc1ccc(OC)cc1)NC(=O)OC(C)(C)C. The Kier molecular flexibility index (Phi) is 5.45. The number of nitrogens with one attached hydrogen (secondary N) is 1. The minimum Gasteiger partial charge on any atom is -0.497 e. The Labute approximate surface area is 120 Å². The second kappa shape index (κ2) is 6.85. The summed E-state index contributed by atoms with van der Waals surface area (Å²) in [7, 11) is 1.61. The maximum Gasteiger partial charge on any atom is 0.408 e. The molecule has 4 nitrogen and oxygen atoms in total. The number of benzene rings is 1. The molecule has 0 bridgehead atoms. The Morgan fingerprint density at radius 2 is 1.95 bits per heavy atom. The molecule has 0 fully saturated rings. The van der Waals surface area contributed by atoms with Crippen molar-refractivity contribution in [3.05, 3.63) is 29.8 Å². The number of amides is 1. The van der Waals surface area contributed by atoms with Crippen LogP contribution < -0.4 is 10.1 Å². The summed E-state index contributed by atoms with van der Waals surface area (Å²) in [5, 5.41) is 2.67. The van der Waals surface area contributed by atoms with Crippen LogP contribution in [-0.4, -0.2) is 24.8 Å². The number of carbonyl (C=O) groups is 1. The maximum absolute atomic E-state index is 11.7. The van der Waals surface area contributed by atoms with Gasteiger partial charge in [-0.3, -0.25) is 0 Å². The van der Waals surface area contributed by atoms with Crippen LogP contribution in [0.5, 0.6) is 5.75 Å². The van der Waals surface area contributed by atoms with Gasteiger partial charge in [0.1, 0.15) is 11.4 Å². The van der Waals surface area contributed by atoms with Crippen molar-refractivity contribution in [1.82, 2.24) is 5.32 Å². The zero-order valence-electron chi connectivity index (χ0n) is 12.4. The van der Waals surface area contributed by atoms with Gasteiger partial charge in [0.2, 0.25) is 0 Å². The Hall–Kier alpha value is -2.15. The Morgan fingerprint density at radius 1 is 1.35 bits per heavy atom. The quantitative estimate of drug-likeness (QED) is 0.860. The molecule has 0 aliphatic rings. The summed E-state index contributed by atoms with van der Waals surface area (Å²) < 4.78 is 10.3. The van der Waals surface area contributed by atoms with E-state index in [1.807, 2.05) is 24.3 Å². The average molecular weight is 275 g/mol. The summed E-state index contributed by atoms with van der Waals surface area (Å²) in [6.45, 7) is 5.42. The zero-order valence-corrected chi connectivity index (χ0v) is 12.4. The number of rotatable bonds is 4. The second-order valence-electron chi connectivity index (χ2n) is 5.42. The van der Waals surface area contributed by atoms with Crippen molar-refractivity contribution in [2.75, 3.05) is 7.11 Å². The lowest BCUT2D eigenvalue weighted by Crippen LogP contribution is -2.39. The summed E-state index contributed by atoms with van der Waals surface area (Å²) in [6, 6.07) is 7.14. The van der Waals surface area contributed by atoms with Crippen molar-refractivity contribution in [1.29, 1.82) is 0 Å². The summed E-state index contributed by atoms with van der Waals surface area (Å²) in [6.07, 6.45) is 5.48. The van der Waals surface area contributed by atoms with Gasteiger partial charge in [0.25, 0.3) is 0 Å². The van der Waals surface area contributed by atoms with E-state index in [9.17, 15) is 4.79 Å². The summed E-state index contributed by atoms with van der Waals surface area (Å²) in [4.78, 5) is 11.7. The highest BCUT2D eigenvalue weighted by molar-refractivity contribution is 5.68. The van der Waals surface area contributed by atoms with Crippen LogP contribution in [0.1, 0.15) is 26.3 Å². The third-order valence-corrected chi connectivity index (χ3v) is 2.49. The van der Waals surface area contributed by atoms with E-state index in [0.29, 0.717) is 6.42 Å². The summed E-state index contributed by atoms with van der Waals surface area (Å²) in [5.41, 5.74) is 0.480. The van der Waals surface area contributed by atoms with Gasteiger partial charge in [-0.25, -0.2) is 4.79 Å². The second-order valence-corrected chi connectivity index (χ2v) is 5.42. The van der Waals surface area contributed by atoms with Crippen LogP contribution in [0.3, 0.4) is 0 Å². The highest BCUT2D eigenvalue weighted by Gasteiger charge is 2.18. The van der Waals surface area contributed by atoms with Crippen LogP contribution in [0.25, 0.3) is 0 Å². The molecule has 1 amide bonds. The molecular formula is C16H21NO3. The van der Waals surface area contributed by atoms with Crippen LogP contribution in [0.4, 0.5) is 4.79 Å². The highest BCUT2D eigenvalue weighted by Crippen LogP contribution is 2.13.